The normalized spacial score (nSPS) is 15.6. The summed E-state index contributed by atoms with van der Waals surface area (Å²) < 4.78 is 13.4. The molecule has 0 aromatic heterocycles. The van der Waals surface area contributed by atoms with E-state index in [9.17, 15) is 4.39 Å². The molecule has 0 bridgehead atoms. The number of rotatable bonds is 1. The van der Waals surface area contributed by atoms with E-state index >= 15 is 0 Å². The third-order valence-electron chi connectivity index (χ3n) is 2.98. The maximum absolute atomic E-state index is 13.4. The molecule has 1 aromatic carbocycles. The van der Waals surface area contributed by atoms with Gasteiger partial charge in [-0.3, -0.25) is 0 Å². The second-order valence-electron chi connectivity index (χ2n) is 4.39. The van der Waals surface area contributed by atoms with Crippen LogP contribution in [0.25, 0.3) is 0 Å². The second kappa shape index (κ2) is 3.72. The van der Waals surface area contributed by atoms with Crippen molar-refractivity contribution in [3.8, 4) is 0 Å². The number of aryl methyl sites for hydroxylation is 1. The monoisotopic (exact) mass is 208 g/mol. The van der Waals surface area contributed by atoms with Gasteiger partial charge in [0.15, 0.2) is 0 Å². The van der Waals surface area contributed by atoms with Gasteiger partial charge in [0.05, 0.1) is 5.69 Å². The first-order chi connectivity index (χ1) is 7.09. The summed E-state index contributed by atoms with van der Waals surface area (Å²) in [4.78, 5) is 2.24. The molecule has 0 fully saturated rings. The Hall–Kier alpha value is -1.25. The van der Waals surface area contributed by atoms with Crippen molar-refractivity contribution < 1.29 is 4.39 Å². The minimum absolute atomic E-state index is 0.263. The van der Waals surface area contributed by atoms with Gasteiger partial charge >= 0.3 is 0 Å². The number of hydrogen-bond acceptors (Lipinski definition) is 2. The molecule has 2 rings (SSSR count). The maximum atomic E-state index is 13.4. The largest absolute Gasteiger partial charge is 0.396 e. The predicted molar refractivity (Wildman–Crippen MR) is 61.6 cm³/mol. The molecule has 1 aromatic rings. The topological polar surface area (TPSA) is 29.3 Å². The van der Waals surface area contributed by atoms with Crippen LogP contribution in [0, 0.1) is 5.82 Å². The summed E-state index contributed by atoms with van der Waals surface area (Å²) in [5.41, 5.74) is 8.03. The van der Waals surface area contributed by atoms with E-state index in [-0.39, 0.29) is 11.5 Å². The number of anilines is 2. The van der Waals surface area contributed by atoms with Crippen LogP contribution in [0.4, 0.5) is 15.8 Å². The molecule has 15 heavy (non-hydrogen) atoms. The summed E-state index contributed by atoms with van der Waals surface area (Å²) >= 11 is 0. The highest BCUT2D eigenvalue weighted by Gasteiger charge is 2.20. The van der Waals surface area contributed by atoms with Crippen molar-refractivity contribution >= 4 is 11.4 Å². The van der Waals surface area contributed by atoms with Gasteiger partial charge in [-0.25, -0.2) is 4.39 Å². The second-order valence-corrected chi connectivity index (χ2v) is 4.39. The van der Waals surface area contributed by atoms with E-state index in [0.29, 0.717) is 6.04 Å². The van der Waals surface area contributed by atoms with Crippen LogP contribution in [0.3, 0.4) is 0 Å². The van der Waals surface area contributed by atoms with Crippen molar-refractivity contribution in [3.05, 3.63) is 23.5 Å². The SMILES string of the molecule is CC(C)N1CCCc2cc(N)c(F)cc21. The zero-order valence-corrected chi connectivity index (χ0v) is 9.26. The first-order valence-electron chi connectivity index (χ1n) is 5.44. The lowest BCUT2D eigenvalue weighted by Gasteiger charge is -2.34. The molecule has 3 heteroatoms. The fourth-order valence-corrected chi connectivity index (χ4v) is 2.19. The molecule has 0 atom stereocenters. The lowest BCUT2D eigenvalue weighted by Crippen LogP contribution is -2.35. The molecule has 2 nitrogen and oxygen atoms in total. The van der Waals surface area contributed by atoms with Crippen LogP contribution in [0.2, 0.25) is 0 Å². The summed E-state index contributed by atoms with van der Waals surface area (Å²) in [6, 6.07) is 3.76. The molecule has 82 valence electrons. The molecule has 1 heterocycles. The Morgan fingerprint density at radius 2 is 2.13 bits per heavy atom. The molecule has 0 amide bonds. The summed E-state index contributed by atoms with van der Waals surface area (Å²) in [6.07, 6.45) is 2.12. The lowest BCUT2D eigenvalue weighted by molar-refractivity contribution is 0.605. The predicted octanol–water partition coefficient (Wildman–Crippen LogP) is 2.57. The number of nitrogens with zero attached hydrogens (tertiary/aromatic N) is 1. The zero-order chi connectivity index (χ0) is 11.0. The number of halogens is 1. The van der Waals surface area contributed by atoms with Gasteiger partial charge in [-0.15, -0.1) is 0 Å². The van der Waals surface area contributed by atoms with Gasteiger partial charge in [-0.2, -0.15) is 0 Å². The molecule has 1 aliphatic rings. The van der Waals surface area contributed by atoms with E-state index in [2.05, 4.69) is 18.7 Å². The Kier molecular flexibility index (Phi) is 2.55. The van der Waals surface area contributed by atoms with Crippen molar-refractivity contribution in [1.82, 2.24) is 0 Å². The van der Waals surface area contributed by atoms with Crippen LogP contribution in [0.1, 0.15) is 25.8 Å². The van der Waals surface area contributed by atoms with E-state index < -0.39 is 0 Å². The fourth-order valence-electron chi connectivity index (χ4n) is 2.19. The Morgan fingerprint density at radius 3 is 2.80 bits per heavy atom. The van der Waals surface area contributed by atoms with Crippen molar-refractivity contribution in [3.63, 3.8) is 0 Å². The van der Waals surface area contributed by atoms with Crippen LogP contribution in [-0.4, -0.2) is 12.6 Å². The summed E-state index contributed by atoms with van der Waals surface area (Å²) in [7, 11) is 0. The Labute approximate surface area is 89.9 Å². The zero-order valence-electron chi connectivity index (χ0n) is 9.26. The van der Waals surface area contributed by atoms with Gasteiger partial charge in [0.2, 0.25) is 0 Å². The lowest BCUT2D eigenvalue weighted by atomic mass is 9.99. The van der Waals surface area contributed by atoms with Crippen LogP contribution >= 0.6 is 0 Å². The molecular formula is C12H17FN2. The number of hydrogen-bond donors (Lipinski definition) is 1. The van der Waals surface area contributed by atoms with Crippen LogP contribution in [0.5, 0.6) is 0 Å². The first-order valence-corrected chi connectivity index (χ1v) is 5.44. The van der Waals surface area contributed by atoms with E-state index in [1.165, 1.54) is 5.56 Å². The quantitative estimate of drug-likeness (QED) is 0.719. The standard InChI is InChI=1S/C12H17FN2/c1-8(2)15-5-3-4-9-6-11(14)10(13)7-12(9)15/h6-8H,3-5,14H2,1-2H3. The van der Waals surface area contributed by atoms with Crippen molar-refractivity contribution in [1.29, 1.82) is 0 Å². The molecule has 0 saturated carbocycles. The number of benzene rings is 1. The minimum atomic E-state index is -0.304. The highest BCUT2D eigenvalue weighted by molar-refractivity contribution is 5.62. The molecule has 0 spiro atoms. The van der Waals surface area contributed by atoms with Crippen molar-refractivity contribution in [2.45, 2.75) is 32.7 Å². The third-order valence-corrected chi connectivity index (χ3v) is 2.98. The average Bonchev–Trinajstić information content (AvgIpc) is 2.18. The van der Waals surface area contributed by atoms with E-state index in [4.69, 9.17) is 5.73 Å². The van der Waals surface area contributed by atoms with E-state index in [1.807, 2.05) is 0 Å². The maximum Gasteiger partial charge on any atom is 0.148 e. The van der Waals surface area contributed by atoms with Gasteiger partial charge in [0, 0.05) is 18.3 Å². The first kappa shape index (κ1) is 10.3. The molecule has 0 unspecified atom stereocenters. The van der Waals surface area contributed by atoms with Crippen molar-refractivity contribution in [2.24, 2.45) is 0 Å². The minimum Gasteiger partial charge on any atom is -0.396 e. The Morgan fingerprint density at radius 1 is 1.40 bits per heavy atom. The van der Waals surface area contributed by atoms with Gasteiger partial charge in [0.25, 0.3) is 0 Å². The molecule has 0 saturated heterocycles. The highest BCUT2D eigenvalue weighted by Crippen LogP contribution is 2.31. The van der Waals surface area contributed by atoms with E-state index in [1.54, 1.807) is 12.1 Å². The van der Waals surface area contributed by atoms with E-state index in [0.717, 1.165) is 25.1 Å². The Balaban J connectivity index is 2.47. The average molecular weight is 208 g/mol. The molecule has 2 N–H and O–H groups in total. The number of fused-ring (bicyclic) bond motifs is 1. The summed E-state index contributed by atoms with van der Waals surface area (Å²) in [5.74, 6) is -0.304. The van der Waals surface area contributed by atoms with Gasteiger partial charge in [-0.05, 0) is 44.4 Å². The molecule has 1 aliphatic heterocycles. The smallest absolute Gasteiger partial charge is 0.148 e. The Bertz CT molecular complexity index is 374. The van der Waals surface area contributed by atoms with Gasteiger partial charge in [0.1, 0.15) is 5.82 Å². The van der Waals surface area contributed by atoms with Crippen molar-refractivity contribution in [2.75, 3.05) is 17.2 Å². The van der Waals surface area contributed by atoms with Crippen LogP contribution in [0.15, 0.2) is 12.1 Å². The third kappa shape index (κ3) is 1.78. The van der Waals surface area contributed by atoms with Crippen LogP contribution < -0.4 is 10.6 Å². The van der Waals surface area contributed by atoms with Gasteiger partial charge < -0.3 is 10.6 Å². The molecule has 0 radical (unpaired) electrons. The fraction of sp³-hybridized carbons (Fsp3) is 0.500. The molecular weight excluding hydrogens is 191 g/mol. The molecule has 0 aliphatic carbocycles. The highest BCUT2D eigenvalue weighted by atomic mass is 19.1. The number of nitrogen functional groups attached to an aromatic ring is 1. The van der Waals surface area contributed by atoms with Crippen LogP contribution in [-0.2, 0) is 6.42 Å². The summed E-state index contributed by atoms with van der Waals surface area (Å²) in [5, 5.41) is 0. The summed E-state index contributed by atoms with van der Waals surface area (Å²) in [6.45, 7) is 5.26. The van der Waals surface area contributed by atoms with Gasteiger partial charge in [-0.1, -0.05) is 0 Å². The number of nitrogens with two attached hydrogens (primary N) is 1.